The molecular weight excluding hydrogens is 407 g/mol. The van der Waals surface area contributed by atoms with Crippen molar-refractivity contribution < 1.29 is 5.11 Å². The normalized spacial score (nSPS) is 14.4. The van der Waals surface area contributed by atoms with Crippen molar-refractivity contribution in [2.45, 2.75) is 129 Å². The van der Waals surface area contributed by atoms with E-state index in [0.717, 1.165) is 18.2 Å². The number of aliphatic hydroxyl groups is 1. The van der Waals surface area contributed by atoms with Crippen LogP contribution in [0.1, 0.15) is 118 Å². The molecule has 1 aromatic rings. The maximum atomic E-state index is 10.6. The van der Waals surface area contributed by atoms with Gasteiger partial charge in [0.25, 0.3) is 0 Å². The van der Waals surface area contributed by atoms with E-state index in [2.05, 4.69) is 81.4 Å². The minimum absolute atomic E-state index is 0.115. The first kappa shape index (κ1) is 25.7. The fourth-order valence-corrected chi connectivity index (χ4v) is 6.69. The summed E-state index contributed by atoms with van der Waals surface area (Å²) in [6.45, 7) is 23.2. The van der Waals surface area contributed by atoms with Crippen LogP contribution < -0.4 is 4.46 Å². The van der Waals surface area contributed by atoms with Gasteiger partial charge in [-0.3, -0.25) is 0 Å². The Morgan fingerprint density at radius 2 is 1.29 bits per heavy atom. The Balaban J connectivity index is 3.24. The van der Waals surface area contributed by atoms with Crippen LogP contribution >= 0.6 is 0 Å². The van der Waals surface area contributed by atoms with Gasteiger partial charge in [0.15, 0.2) is 0 Å². The summed E-state index contributed by atoms with van der Waals surface area (Å²) in [5.41, 5.74) is 4.78. The molecule has 0 amide bonds. The van der Waals surface area contributed by atoms with Gasteiger partial charge in [-0.2, -0.15) is 0 Å². The van der Waals surface area contributed by atoms with E-state index in [-0.39, 0.29) is 22.3 Å². The monoisotopic (exact) mass is 454 g/mol. The molecule has 0 aliphatic heterocycles. The Kier molecular flexibility index (Phi) is 9.32. The van der Waals surface area contributed by atoms with Crippen LogP contribution in [0.4, 0.5) is 0 Å². The molecule has 0 unspecified atom stereocenters. The standard InChI is InChI=1S/C26H46OSe/c1-11-12-13-14-15-20(27)18-28-23-21(25(5,6)7)16-19(24(2,3)4)17-22(23)26(8,9)10/h16-17,20,27H,11-15,18H2,1-10H3/t20-/m1/s1. The third kappa shape index (κ3) is 7.85. The van der Waals surface area contributed by atoms with Gasteiger partial charge in [-0.05, 0) is 0 Å². The summed E-state index contributed by atoms with van der Waals surface area (Å²) in [4.78, 5) is 0. The first-order chi connectivity index (χ1) is 12.7. The molecule has 0 heterocycles. The zero-order valence-electron chi connectivity index (χ0n) is 20.3. The fraction of sp³-hybridized carbons (Fsp3) is 0.769. The second-order valence-corrected chi connectivity index (χ2v) is 13.6. The number of hydrogen-bond acceptors (Lipinski definition) is 1. The molecule has 1 nitrogen and oxygen atoms in total. The van der Waals surface area contributed by atoms with Gasteiger partial charge in [0.05, 0.1) is 0 Å². The van der Waals surface area contributed by atoms with E-state index >= 15 is 0 Å². The molecule has 0 radical (unpaired) electrons. The predicted octanol–water partition coefficient (Wildman–Crippen LogP) is 6.66. The molecule has 2 heteroatoms. The van der Waals surface area contributed by atoms with Crippen LogP contribution in [0.15, 0.2) is 12.1 Å². The van der Waals surface area contributed by atoms with Crippen molar-refractivity contribution >= 4 is 19.4 Å². The van der Waals surface area contributed by atoms with Crippen LogP contribution in [0.5, 0.6) is 0 Å². The summed E-state index contributed by atoms with van der Waals surface area (Å²) in [6.07, 6.45) is 5.75. The van der Waals surface area contributed by atoms with Gasteiger partial charge < -0.3 is 0 Å². The molecule has 0 saturated carbocycles. The summed E-state index contributed by atoms with van der Waals surface area (Å²) < 4.78 is 1.54. The van der Waals surface area contributed by atoms with Crippen molar-refractivity contribution in [2.24, 2.45) is 0 Å². The van der Waals surface area contributed by atoms with Crippen molar-refractivity contribution in [1.29, 1.82) is 0 Å². The van der Waals surface area contributed by atoms with Crippen LogP contribution in [0.3, 0.4) is 0 Å². The molecule has 1 aromatic carbocycles. The van der Waals surface area contributed by atoms with Crippen molar-refractivity contribution in [3.05, 3.63) is 28.8 Å². The molecule has 1 N–H and O–H groups in total. The fourth-order valence-electron chi connectivity index (χ4n) is 3.40. The first-order valence-electron chi connectivity index (χ1n) is 11.2. The average molecular weight is 454 g/mol. The molecule has 1 atom stereocenters. The zero-order chi connectivity index (χ0) is 21.8. The van der Waals surface area contributed by atoms with Gasteiger partial charge in [-0.1, -0.05) is 0 Å². The molecule has 0 bridgehead atoms. The van der Waals surface area contributed by atoms with Crippen molar-refractivity contribution in [3.8, 4) is 0 Å². The van der Waals surface area contributed by atoms with Gasteiger partial charge >= 0.3 is 182 Å². The Hall–Kier alpha value is -0.301. The van der Waals surface area contributed by atoms with Gasteiger partial charge in [-0.25, -0.2) is 0 Å². The number of benzene rings is 1. The van der Waals surface area contributed by atoms with E-state index in [1.165, 1.54) is 40.4 Å². The molecular formula is C26H46OSe. The quantitative estimate of drug-likeness (QED) is 0.345. The Bertz CT molecular complexity index is 576. The SMILES string of the molecule is CCCCCC[C@@H](O)C[Se]c1c(C(C)(C)C)cc(C(C)(C)C)cc1C(C)(C)C. The third-order valence-electron chi connectivity index (χ3n) is 5.38. The van der Waals surface area contributed by atoms with Crippen LogP contribution in [-0.2, 0) is 16.2 Å². The molecule has 162 valence electrons. The third-order valence-corrected chi connectivity index (χ3v) is 8.07. The van der Waals surface area contributed by atoms with Gasteiger partial charge in [-0.15, -0.1) is 0 Å². The van der Waals surface area contributed by atoms with E-state index < -0.39 is 0 Å². The van der Waals surface area contributed by atoms with E-state index in [4.69, 9.17) is 0 Å². The number of aliphatic hydroxyl groups excluding tert-OH is 1. The second kappa shape index (κ2) is 10.1. The second-order valence-electron chi connectivity index (χ2n) is 11.5. The number of rotatable bonds is 8. The van der Waals surface area contributed by atoms with Gasteiger partial charge in [0, 0.05) is 0 Å². The molecule has 0 aromatic heterocycles. The van der Waals surface area contributed by atoms with E-state index in [1.54, 1.807) is 0 Å². The molecule has 0 aliphatic rings. The van der Waals surface area contributed by atoms with Crippen LogP contribution in [0, 0.1) is 0 Å². The van der Waals surface area contributed by atoms with Gasteiger partial charge in [0.2, 0.25) is 0 Å². The molecule has 0 aliphatic carbocycles. The predicted molar refractivity (Wildman–Crippen MR) is 128 cm³/mol. The average Bonchev–Trinajstić information content (AvgIpc) is 2.53. The molecule has 1 rings (SSSR count). The Morgan fingerprint density at radius 1 is 0.786 bits per heavy atom. The first-order valence-corrected chi connectivity index (χ1v) is 13.2. The van der Waals surface area contributed by atoms with Crippen LogP contribution in [0.2, 0.25) is 5.32 Å². The molecule has 28 heavy (non-hydrogen) atoms. The molecule has 0 saturated heterocycles. The minimum atomic E-state index is -0.153. The Morgan fingerprint density at radius 3 is 1.68 bits per heavy atom. The zero-order valence-corrected chi connectivity index (χ0v) is 22.0. The van der Waals surface area contributed by atoms with E-state index in [0.29, 0.717) is 15.0 Å². The molecule has 0 fully saturated rings. The summed E-state index contributed by atoms with van der Waals surface area (Å²) in [6, 6.07) is 4.92. The topological polar surface area (TPSA) is 20.2 Å². The summed E-state index contributed by atoms with van der Waals surface area (Å²) in [7, 11) is 0. The van der Waals surface area contributed by atoms with Crippen molar-refractivity contribution in [1.82, 2.24) is 0 Å². The number of hydrogen-bond donors (Lipinski definition) is 1. The summed E-state index contributed by atoms with van der Waals surface area (Å²) in [5.74, 6) is 0. The molecule has 0 spiro atoms. The Labute approximate surface area is 182 Å². The van der Waals surface area contributed by atoms with Crippen molar-refractivity contribution in [3.63, 3.8) is 0 Å². The van der Waals surface area contributed by atoms with E-state index in [1.807, 2.05) is 0 Å². The summed E-state index contributed by atoms with van der Waals surface area (Å²) in [5, 5.41) is 11.5. The van der Waals surface area contributed by atoms with Crippen LogP contribution in [0.25, 0.3) is 0 Å². The maximum absolute atomic E-state index is 10.6. The van der Waals surface area contributed by atoms with Crippen LogP contribution in [-0.4, -0.2) is 26.2 Å². The summed E-state index contributed by atoms with van der Waals surface area (Å²) >= 11 is 0.297. The van der Waals surface area contributed by atoms with Crippen molar-refractivity contribution in [2.75, 3.05) is 0 Å². The number of unbranched alkanes of at least 4 members (excludes halogenated alkanes) is 3. The van der Waals surface area contributed by atoms with Gasteiger partial charge in [0.1, 0.15) is 0 Å². The van der Waals surface area contributed by atoms with E-state index in [9.17, 15) is 5.11 Å².